The molecule has 0 aliphatic carbocycles. The maximum absolute atomic E-state index is 17.4. The van der Waals surface area contributed by atoms with Crippen molar-refractivity contribution in [3.8, 4) is 22.6 Å². The van der Waals surface area contributed by atoms with Gasteiger partial charge in [-0.3, -0.25) is 19.1 Å². The number of phenols is 1. The molecule has 4 aromatic rings. The molecule has 1 fully saturated rings. The van der Waals surface area contributed by atoms with Crippen LogP contribution in [0.4, 0.5) is 24.7 Å². The highest BCUT2D eigenvalue weighted by molar-refractivity contribution is 6.39. The average Bonchev–Trinajstić information content (AvgIpc) is 3.11. The first-order valence-corrected chi connectivity index (χ1v) is 15.2. The molecule has 4 heterocycles. The van der Waals surface area contributed by atoms with Gasteiger partial charge in [-0.25, -0.2) is 18.0 Å². The topological polar surface area (TPSA) is 112 Å². The lowest BCUT2D eigenvalue weighted by Gasteiger charge is -2.45. The summed E-state index contributed by atoms with van der Waals surface area (Å²) in [5.41, 5.74) is -2.04. The second-order valence-electron chi connectivity index (χ2n) is 12.0. The number of nitrogens with zero attached hydrogens (tertiary/aromatic N) is 6. The van der Waals surface area contributed by atoms with E-state index in [1.165, 1.54) is 11.9 Å². The van der Waals surface area contributed by atoms with Crippen LogP contribution in [-0.4, -0.2) is 68.6 Å². The van der Waals surface area contributed by atoms with Gasteiger partial charge in [0.25, 0.3) is 5.91 Å². The fourth-order valence-corrected chi connectivity index (χ4v) is 7.05. The van der Waals surface area contributed by atoms with Crippen LogP contribution in [-0.2, 0) is 9.59 Å². The van der Waals surface area contributed by atoms with E-state index >= 15 is 8.78 Å². The minimum absolute atomic E-state index is 0.0567. The van der Waals surface area contributed by atoms with E-state index in [-0.39, 0.29) is 41.6 Å². The zero-order chi connectivity index (χ0) is 34.2. The van der Waals surface area contributed by atoms with E-state index in [0.29, 0.717) is 17.3 Å². The van der Waals surface area contributed by atoms with Gasteiger partial charge in [0, 0.05) is 31.4 Å². The summed E-state index contributed by atoms with van der Waals surface area (Å²) < 4.78 is 48.6. The Morgan fingerprint density at radius 2 is 1.81 bits per heavy atom. The summed E-state index contributed by atoms with van der Waals surface area (Å²) in [6.45, 7) is 10.6. The lowest BCUT2D eigenvalue weighted by Crippen LogP contribution is -2.63. The summed E-state index contributed by atoms with van der Waals surface area (Å²) in [5.74, 6) is -6.43. The largest absolute Gasteiger partial charge is 0.507 e. The Bertz CT molecular complexity index is 2100. The minimum Gasteiger partial charge on any atom is -0.507 e. The highest BCUT2D eigenvalue weighted by Gasteiger charge is 2.46. The van der Waals surface area contributed by atoms with Crippen molar-refractivity contribution >= 4 is 45.8 Å². The first kappa shape index (κ1) is 32.0. The molecule has 2 amide bonds. The van der Waals surface area contributed by atoms with Gasteiger partial charge in [-0.1, -0.05) is 32.0 Å². The first-order chi connectivity index (χ1) is 22.2. The lowest BCUT2D eigenvalue weighted by atomic mass is 9.97. The van der Waals surface area contributed by atoms with E-state index in [2.05, 4.69) is 16.5 Å². The smallest absolute Gasteiger partial charge is 0.354 e. The molecular weight excluding hydrogens is 637 g/mol. The van der Waals surface area contributed by atoms with Gasteiger partial charge in [0.2, 0.25) is 5.91 Å². The second-order valence-corrected chi connectivity index (χ2v) is 12.4. The normalized spacial score (nSPS) is 17.7. The molecule has 2 aromatic heterocycles. The van der Waals surface area contributed by atoms with Crippen LogP contribution in [0.15, 0.2) is 41.8 Å². The Balaban J connectivity index is 1.85. The van der Waals surface area contributed by atoms with Crippen LogP contribution in [0.25, 0.3) is 27.7 Å². The molecule has 0 spiro atoms. The van der Waals surface area contributed by atoms with Crippen molar-refractivity contribution in [2.24, 2.45) is 0 Å². The Morgan fingerprint density at radius 1 is 1.11 bits per heavy atom. The van der Waals surface area contributed by atoms with Crippen LogP contribution in [0.5, 0.6) is 5.75 Å². The fourth-order valence-electron chi connectivity index (χ4n) is 6.65. The molecule has 14 heteroatoms. The maximum Gasteiger partial charge on any atom is 0.354 e. The summed E-state index contributed by atoms with van der Waals surface area (Å²) in [5, 5.41) is 10.2. The number of carbonyl (C=O) groups excluding carboxylic acids is 2. The van der Waals surface area contributed by atoms with Gasteiger partial charge < -0.3 is 19.8 Å². The first-order valence-electron chi connectivity index (χ1n) is 14.8. The van der Waals surface area contributed by atoms with Crippen LogP contribution in [0.3, 0.4) is 0 Å². The number of hydrogen-bond donors (Lipinski definition) is 1. The summed E-state index contributed by atoms with van der Waals surface area (Å²) in [6.07, 6.45) is 2.67. The third-order valence-electron chi connectivity index (χ3n) is 8.79. The molecule has 10 nitrogen and oxygen atoms in total. The molecule has 0 saturated carbocycles. The van der Waals surface area contributed by atoms with Crippen molar-refractivity contribution in [1.82, 2.24) is 19.4 Å². The number of amides is 2. The number of likely N-dealkylation sites (N-methyl/N-ethyl adjacent to an activating group) is 1. The van der Waals surface area contributed by atoms with Crippen molar-refractivity contribution in [2.75, 3.05) is 29.9 Å². The number of aromatic hydroxyl groups is 1. The van der Waals surface area contributed by atoms with E-state index in [9.17, 15) is 23.9 Å². The number of phenolic OH excluding ortho intramolecular Hbond substituents is 1. The number of fused-ring (bicyclic) bond motifs is 2. The Labute approximate surface area is 272 Å². The Kier molecular flexibility index (Phi) is 7.78. The van der Waals surface area contributed by atoms with Crippen molar-refractivity contribution in [2.45, 2.75) is 45.7 Å². The molecule has 0 bridgehead atoms. The molecule has 2 aliphatic rings. The highest BCUT2D eigenvalue weighted by atomic mass is 35.5. The molecule has 2 atom stereocenters. The SMILES string of the molecule is C=CC(=O)N1CC(C)N2c3nc(=O)n(-c4c(C)ccnc4C(C)C)c4c(F)c(-c5c(O)ccc(F)c5F)c(Cl)c(c34)N(C)C(=O)C2C1. The summed E-state index contributed by atoms with van der Waals surface area (Å²) in [7, 11) is 1.36. The molecule has 2 unspecified atom stereocenters. The predicted octanol–water partition coefficient (Wildman–Crippen LogP) is 5.22. The zero-order valence-corrected chi connectivity index (χ0v) is 26.9. The van der Waals surface area contributed by atoms with E-state index in [1.54, 1.807) is 31.0 Å². The molecule has 2 aliphatic heterocycles. The Morgan fingerprint density at radius 3 is 2.47 bits per heavy atom. The molecule has 0 radical (unpaired) electrons. The number of aryl methyl sites for hydroxylation is 1. The molecule has 244 valence electrons. The van der Waals surface area contributed by atoms with Crippen LogP contribution in [0, 0.1) is 24.4 Å². The monoisotopic (exact) mass is 666 g/mol. The third kappa shape index (κ3) is 4.66. The maximum atomic E-state index is 17.4. The fraction of sp³-hybridized carbons (Fsp3) is 0.303. The van der Waals surface area contributed by atoms with Crippen molar-refractivity contribution in [3.05, 3.63) is 81.3 Å². The van der Waals surface area contributed by atoms with Gasteiger partial charge >= 0.3 is 5.69 Å². The summed E-state index contributed by atoms with van der Waals surface area (Å²) in [6, 6.07) is 1.44. The number of benzene rings is 2. The summed E-state index contributed by atoms with van der Waals surface area (Å²) >= 11 is 6.89. The van der Waals surface area contributed by atoms with E-state index in [1.807, 2.05) is 13.8 Å². The number of hydrogen-bond acceptors (Lipinski definition) is 7. The minimum atomic E-state index is -1.59. The number of anilines is 2. The number of rotatable bonds is 4. The van der Waals surface area contributed by atoms with Crippen LogP contribution in [0.2, 0.25) is 5.02 Å². The van der Waals surface area contributed by atoms with Gasteiger partial charge in [-0.2, -0.15) is 4.98 Å². The zero-order valence-electron chi connectivity index (χ0n) is 26.1. The molecule has 2 aromatic carbocycles. The molecule has 1 N–H and O–H groups in total. The second kappa shape index (κ2) is 11.4. The predicted molar refractivity (Wildman–Crippen MR) is 172 cm³/mol. The van der Waals surface area contributed by atoms with Crippen LogP contribution < -0.4 is 15.5 Å². The lowest BCUT2D eigenvalue weighted by molar-refractivity contribution is -0.129. The van der Waals surface area contributed by atoms with Crippen LogP contribution >= 0.6 is 11.6 Å². The van der Waals surface area contributed by atoms with Gasteiger partial charge in [0.05, 0.1) is 39.6 Å². The average molecular weight is 667 g/mol. The number of pyridine rings is 1. The quantitative estimate of drug-likeness (QED) is 0.297. The van der Waals surface area contributed by atoms with Gasteiger partial charge in [0.15, 0.2) is 17.5 Å². The standard InChI is InChI=1S/C33H30ClF3N6O4/c1-7-20(45)41-12-16(5)42-18(13-41)32(46)40(6)29-23-30(26(37)22(24(29)34)21-19(44)9-8-17(35)25(21)36)43(33(47)39-31(23)42)28-15(4)10-11-38-27(28)14(2)3/h7-11,14,16,18,44H,1,12-13H2,2-6H3. The highest BCUT2D eigenvalue weighted by Crippen LogP contribution is 2.51. The number of halogens is 4. The van der Waals surface area contributed by atoms with Gasteiger partial charge in [-0.15, -0.1) is 0 Å². The van der Waals surface area contributed by atoms with E-state index in [0.717, 1.165) is 21.6 Å². The van der Waals surface area contributed by atoms with Crippen molar-refractivity contribution in [3.63, 3.8) is 0 Å². The number of aromatic nitrogens is 3. The van der Waals surface area contributed by atoms with E-state index < -0.39 is 74.5 Å². The molecule has 1 saturated heterocycles. The molecule has 47 heavy (non-hydrogen) atoms. The summed E-state index contributed by atoms with van der Waals surface area (Å²) in [4.78, 5) is 54.2. The van der Waals surface area contributed by atoms with E-state index in [4.69, 9.17) is 11.6 Å². The van der Waals surface area contributed by atoms with Crippen molar-refractivity contribution in [1.29, 1.82) is 0 Å². The number of carbonyl (C=O) groups is 2. The molecular formula is C33H30ClF3N6O4. The van der Waals surface area contributed by atoms with Crippen LogP contribution in [0.1, 0.15) is 37.9 Å². The third-order valence-corrected chi connectivity index (χ3v) is 9.15. The Hall–Kier alpha value is -4.91. The van der Waals surface area contributed by atoms with Gasteiger partial charge in [0.1, 0.15) is 23.1 Å². The molecule has 6 rings (SSSR count). The van der Waals surface area contributed by atoms with Crippen molar-refractivity contribution < 1.29 is 27.9 Å². The van der Waals surface area contributed by atoms with Gasteiger partial charge in [-0.05, 0) is 49.6 Å². The number of piperazine rings is 1.